The maximum absolute atomic E-state index is 13.0. The van der Waals surface area contributed by atoms with Crippen LogP contribution >= 0.6 is 0 Å². The standard InChI is InChI=1S/C16H26N2O2/c1-4-15(2)13(19)17-16(3,12-7-8-12)14(20)18(15)10-9-11-5-6-11/h11-12H,4-10H2,1-3H3,(H,17,19). The van der Waals surface area contributed by atoms with E-state index in [4.69, 9.17) is 0 Å². The van der Waals surface area contributed by atoms with Crippen molar-refractivity contribution in [3.63, 3.8) is 0 Å². The highest BCUT2D eigenvalue weighted by molar-refractivity contribution is 6.02. The van der Waals surface area contributed by atoms with Gasteiger partial charge >= 0.3 is 0 Å². The van der Waals surface area contributed by atoms with Crippen LogP contribution in [0.2, 0.25) is 0 Å². The molecule has 4 nitrogen and oxygen atoms in total. The lowest BCUT2D eigenvalue weighted by Crippen LogP contribution is -2.74. The van der Waals surface area contributed by atoms with Gasteiger partial charge in [0.05, 0.1) is 0 Å². The molecule has 2 atom stereocenters. The zero-order chi connectivity index (χ0) is 14.5. The monoisotopic (exact) mass is 278 g/mol. The lowest BCUT2D eigenvalue weighted by Gasteiger charge is -2.50. The fourth-order valence-electron chi connectivity index (χ4n) is 3.41. The number of rotatable bonds is 5. The molecule has 20 heavy (non-hydrogen) atoms. The summed E-state index contributed by atoms with van der Waals surface area (Å²) in [6.45, 7) is 6.57. The van der Waals surface area contributed by atoms with Crippen molar-refractivity contribution in [1.29, 1.82) is 0 Å². The molecule has 1 N–H and O–H groups in total. The number of carbonyl (C=O) groups is 2. The summed E-state index contributed by atoms with van der Waals surface area (Å²) in [6.07, 6.45) is 6.42. The third kappa shape index (κ3) is 2.04. The van der Waals surface area contributed by atoms with E-state index in [-0.39, 0.29) is 11.8 Å². The average Bonchev–Trinajstić information content (AvgIpc) is 3.28. The molecular weight excluding hydrogens is 252 g/mol. The van der Waals surface area contributed by atoms with E-state index < -0.39 is 11.1 Å². The van der Waals surface area contributed by atoms with Gasteiger partial charge < -0.3 is 10.2 Å². The maximum atomic E-state index is 13.0. The highest BCUT2D eigenvalue weighted by Gasteiger charge is 2.58. The Morgan fingerprint density at radius 1 is 1.20 bits per heavy atom. The van der Waals surface area contributed by atoms with E-state index >= 15 is 0 Å². The first-order valence-electron chi connectivity index (χ1n) is 8.06. The maximum Gasteiger partial charge on any atom is 0.249 e. The fourth-order valence-corrected chi connectivity index (χ4v) is 3.41. The van der Waals surface area contributed by atoms with Gasteiger partial charge in [-0.1, -0.05) is 19.8 Å². The zero-order valence-electron chi connectivity index (χ0n) is 12.9. The summed E-state index contributed by atoms with van der Waals surface area (Å²) in [5, 5.41) is 3.05. The molecule has 0 aromatic heterocycles. The summed E-state index contributed by atoms with van der Waals surface area (Å²) in [4.78, 5) is 27.5. The number of nitrogens with zero attached hydrogens (tertiary/aromatic N) is 1. The van der Waals surface area contributed by atoms with Gasteiger partial charge in [-0.25, -0.2) is 0 Å². The molecule has 2 saturated carbocycles. The Morgan fingerprint density at radius 3 is 2.35 bits per heavy atom. The minimum absolute atomic E-state index is 0.0322. The number of carbonyl (C=O) groups excluding carboxylic acids is 2. The Bertz CT molecular complexity index is 442. The zero-order valence-corrected chi connectivity index (χ0v) is 12.9. The highest BCUT2D eigenvalue weighted by atomic mass is 16.2. The normalized spacial score (nSPS) is 38.0. The van der Waals surface area contributed by atoms with Crippen molar-refractivity contribution < 1.29 is 9.59 Å². The quantitative estimate of drug-likeness (QED) is 0.837. The summed E-state index contributed by atoms with van der Waals surface area (Å²) in [6, 6.07) is 0. The first-order chi connectivity index (χ1) is 9.41. The summed E-state index contributed by atoms with van der Waals surface area (Å²) < 4.78 is 0. The molecule has 112 valence electrons. The van der Waals surface area contributed by atoms with Gasteiger partial charge in [-0.05, 0) is 51.4 Å². The molecule has 0 radical (unpaired) electrons. The van der Waals surface area contributed by atoms with Crippen LogP contribution in [0.4, 0.5) is 0 Å². The molecule has 2 unspecified atom stereocenters. The molecule has 1 saturated heterocycles. The molecule has 0 spiro atoms. The number of piperazine rings is 1. The highest BCUT2D eigenvalue weighted by Crippen LogP contribution is 2.44. The molecule has 1 aliphatic heterocycles. The van der Waals surface area contributed by atoms with Crippen molar-refractivity contribution in [3.8, 4) is 0 Å². The fraction of sp³-hybridized carbons (Fsp3) is 0.875. The van der Waals surface area contributed by atoms with E-state index in [1.54, 1.807) is 0 Å². The number of nitrogens with one attached hydrogen (secondary N) is 1. The second-order valence-corrected chi connectivity index (χ2v) is 7.25. The van der Waals surface area contributed by atoms with Crippen molar-refractivity contribution in [2.75, 3.05) is 6.54 Å². The smallest absolute Gasteiger partial charge is 0.249 e. The van der Waals surface area contributed by atoms with E-state index in [1.807, 2.05) is 25.7 Å². The van der Waals surface area contributed by atoms with Crippen LogP contribution < -0.4 is 5.32 Å². The summed E-state index contributed by atoms with van der Waals surface area (Å²) >= 11 is 0. The predicted octanol–water partition coefficient (Wildman–Crippen LogP) is 2.08. The lowest BCUT2D eigenvalue weighted by atomic mass is 9.82. The Balaban J connectivity index is 1.85. The molecule has 3 fully saturated rings. The SMILES string of the molecule is CCC1(C)C(=O)NC(C)(C2CC2)C(=O)N1CCC1CC1. The molecule has 4 heteroatoms. The van der Waals surface area contributed by atoms with E-state index in [0.717, 1.165) is 31.7 Å². The summed E-state index contributed by atoms with van der Waals surface area (Å²) in [5.74, 6) is 1.29. The van der Waals surface area contributed by atoms with Crippen molar-refractivity contribution in [2.45, 2.75) is 70.4 Å². The van der Waals surface area contributed by atoms with Crippen LogP contribution in [0.3, 0.4) is 0 Å². The van der Waals surface area contributed by atoms with E-state index in [9.17, 15) is 9.59 Å². The van der Waals surface area contributed by atoms with Crippen LogP contribution in [0.5, 0.6) is 0 Å². The van der Waals surface area contributed by atoms with Gasteiger partial charge in [0.25, 0.3) is 0 Å². The number of hydrogen-bond acceptors (Lipinski definition) is 2. The number of hydrogen-bond donors (Lipinski definition) is 1. The van der Waals surface area contributed by atoms with Crippen LogP contribution in [-0.4, -0.2) is 34.3 Å². The molecule has 2 amide bonds. The topological polar surface area (TPSA) is 49.4 Å². The van der Waals surface area contributed by atoms with E-state index in [0.29, 0.717) is 12.3 Å². The van der Waals surface area contributed by atoms with Gasteiger partial charge in [-0.3, -0.25) is 9.59 Å². The van der Waals surface area contributed by atoms with E-state index in [1.165, 1.54) is 12.8 Å². The second kappa shape index (κ2) is 4.47. The molecule has 0 aromatic rings. The van der Waals surface area contributed by atoms with Crippen LogP contribution in [0.25, 0.3) is 0 Å². The minimum atomic E-state index is -0.666. The van der Waals surface area contributed by atoms with Gasteiger partial charge in [-0.2, -0.15) is 0 Å². The average molecular weight is 278 g/mol. The van der Waals surface area contributed by atoms with Gasteiger partial charge in [0.1, 0.15) is 11.1 Å². The van der Waals surface area contributed by atoms with Crippen LogP contribution in [0.15, 0.2) is 0 Å². The van der Waals surface area contributed by atoms with Gasteiger partial charge in [0.2, 0.25) is 11.8 Å². The first-order valence-corrected chi connectivity index (χ1v) is 8.06. The Hall–Kier alpha value is -1.06. The Kier molecular flexibility index (Phi) is 3.11. The number of amides is 2. The molecule has 2 aliphatic carbocycles. The Morgan fingerprint density at radius 2 is 1.85 bits per heavy atom. The van der Waals surface area contributed by atoms with Crippen LogP contribution in [-0.2, 0) is 9.59 Å². The summed E-state index contributed by atoms with van der Waals surface area (Å²) in [5.41, 5.74) is -1.32. The van der Waals surface area contributed by atoms with Crippen molar-refractivity contribution in [1.82, 2.24) is 10.2 Å². The van der Waals surface area contributed by atoms with Crippen molar-refractivity contribution in [2.24, 2.45) is 11.8 Å². The van der Waals surface area contributed by atoms with Crippen LogP contribution in [0, 0.1) is 11.8 Å². The second-order valence-electron chi connectivity index (χ2n) is 7.25. The van der Waals surface area contributed by atoms with Gasteiger partial charge in [-0.15, -0.1) is 0 Å². The largest absolute Gasteiger partial charge is 0.340 e. The van der Waals surface area contributed by atoms with Crippen LogP contribution in [0.1, 0.15) is 59.3 Å². The van der Waals surface area contributed by atoms with E-state index in [2.05, 4.69) is 5.32 Å². The van der Waals surface area contributed by atoms with Crippen molar-refractivity contribution >= 4 is 11.8 Å². The predicted molar refractivity (Wildman–Crippen MR) is 77.0 cm³/mol. The minimum Gasteiger partial charge on any atom is -0.340 e. The third-order valence-electron chi connectivity index (χ3n) is 5.69. The molecule has 3 rings (SSSR count). The first kappa shape index (κ1) is 13.9. The van der Waals surface area contributed by atoms with Gasteiger partial charge in [0, 0.05) is 6.54 Å². The molecule has 0 bridgehead atoms. The summed E-state index contributed by atoms with van der Waals surface area (Å²) in [7, 11) is 0. The molecule has 1 heterocycles. The van der Waals surface area contributed by atoms with Crippen molar-refractivity contribution in [3.05, 3.63) is 0 Å². The molecule has 3 aliphatic rings. The molecular formula is C16H26N2O2. The molecule has 0 aromatic carbocycles. The van der Waals surface area contributed by atoms with Gasteiger partial charge in [0.15, 0.2) is 0 Å². The lowest BCUT2D eigenvalue weighted by molar-refractivity contribution is -0.163. The Labute approximate surface area is 121 Å². The third-order valence-corrected chi connectivity index (χ3v) is 5.69.